The third-order valence-electron chi connectivity index (χ3n) is 5.22. The van der Waals surface area contributed by atoms with E-state index in [1.807, 2.05) is 26.0 Å². The monoisotopic (exact) mass is 315 g/mol. The molecule has 1 fully saturated rings. The molecule has 0 radical (unpaired) electrons. The molecule has 128 valence electrons. The van der Waals surface area contributed by atoms with Crippen molar-refractivity contribution in [2.45, 2.75) is 84.2 Å². The fraction of sp³-hybridized carbons (Fsp3) is 0.667. The Balaban J connectivity index is 0.00000127. The summed E-state index contributed by atoms with van der Waals surface area (Å²) in [7, 11) is 0. The molecule has 23 heavy (non-hydrogen) atoms. The van der Waals surface area contributed by atoms with Crippen LogP contribution in [-0.2, 0) is 10.2 Å². The van der Waals surface area contributed by atoms with Crippen molar-refractivity contribution in [1.82, 2.24) is 0 Å². The first-order chi connectivity index (χ1) is 11.1. The van der Waals surface area contributed by atoms with Gasteiger partial charge >= 0.3 is 0 Å². The van der Waals surface area contributed by atoms with E-state index in [1.54, 1.807) is 0 Å². The van der Waals surface area contributed by atoms with Crippen LogP contribution < -0.4 is 0 Å². The molecule has 0 amide bonds. The maximum Gasteiger partial charge on any atom is 0.0991 e. The maximum atomic E-state index is 8.94. The van der Waals surface area contributed by atoms with Crippen molar-refractivity contribution in [2.75, 3.05) is 6.61 Å². The van der Waals surface area contributed by atoms with Gasteiger partial charge in [0.15, 0.2) is 0 Å². The smallest absolute Gasteiger partial charge is 0.0991 e. The molecule has 1 aliphatic rings. The summed E-state index contributed by atoms with van der Waals surface area (Å²) in [5.74, 6) is 0. The average molecular weight is 316 g/mol. The lowest BCUT2D eigenvalue weighted by molar-refractivity contribution is -0.0691. The highest BCUT2D eigenvalue weighted by Crippen LogP contribution is 2.46. The largest absolute Gasteiger partial charge is 0.375 e. The van der Waals surface area contributed by atoms with E-state index < -0.39 is 0 Å². The van der Waals surface area contributed by atoms with Crippen LogP contribution >= 0.6 is 0 Å². The number of hydrogen-bond acceptors (Lipinski definition) is 2. The lowest BCUT2D eigenvalue weighted by atomic mass is 9.64. The van der Waals surface area contributed by atoms with Crippen molar-refractivity contribution in [3.63, 3.8) is 0 Å². The molecule has 2 nitrogen and oxygen atoms in total. The number of rotatable bonds is 5. The third-order valence-corrected chi connectivity index (χ3v) is 5.22. The van der Waals surface area contributed by atoms with Crippen molar-refractivity contribution >= 4 is 0 Å². The van der Waals surface area contributed by atoms with Gasteiger partial charge < -0.3 is 4.74 Å². The molecule has 0 N–H and O–H groups in total. The summed E-state index contributed by atoms with van der Waals surface area (Å²) in [6.07, 6.45) is 6.85. The minimum atomic E-state index is 0.0568. The van der Waals surface area contributed by atoms with Gasteiger partial charge in [0.2, 0.25) is 0 Å². The second kappa shape index (κ2) is 9.08. The molecule has 0 heterocycles. The molecule has 0 atom stereocenters. The van der Waals surface area contributed by atoms with E-state index in [-0.39, 0.29) is 11.0 Å². The van der Waals surface area contributed by atoms with E-state index in [0.717, 1.165) is 37.9 Å². The standard InChI is InChI=1S/C19H27NO.C2H6/c1-4-14-21-18(3)10-12-19(5-2,13-11-18)17-8-6-16(15-20)7-9-17;1-2/h6-9H,4-5,10-14H2,1-3H3;1-2H3. The quantitative estimate of drug-likeness (QED) is 0.668. The Hall–Kier alpha value is -1.33. The minimum absolute atomic E-state index is 0.0568. The topological polar surface area (TPSA) is 33.0 Å². The summed E-state index contributed by atoms with van der Waals surface area (Å²) in [5, 5.41) is 8.94. The first-order valence-corrected chi connectivity index (χ1v) is 9.22. The highest BCUT2D eigenvalue weighted by Gasteiger charge is 2.40. The van der Waals surface area contributed by atoms with Crippen LogP contribution in [-0.4, -0.2) is 12.2 Å². The minimum Gasteiger partial charge on any atom is -0.375 e. The van der Waals surface area contributed by atoms with Crippen molar-refractivity contribution < 1.29 is 4.74 Å². The van der Waals surface area contributed by atoms with Crippen LogP contribution in [0.1, 0.15) is 84.3 Å². The molecule has 1 aromatic rings. The van der Waals surface area contributed by atoms with E-state index >= 15 is 0 Å². The van der Waals surface area contributed by atoms with Crippen LogP contribution in [0.4, 0.5) is 0 Å². The number of benzene rings is 1. The molecule has 0 aliphatic heterocycles. The number of nitriles is 1. The summed E-state index contributed by atoms with van der Waals surface area (Å²) in [4.78, 5) is 0. The van der Waals surface area contributed by atoms with E-state index in [9.17, 15) is 0 Å². The molecule has 0 spiro atoms. The molecule has 1 aliphatic carbocycles. The fourth-order valence-corrected chi connectivity index (χ4v) is 3.49. The van der Waals surface area contributed by atoms with Crippen LogP contribution in [0.2, 0.25) is 0 Å². The summed E-state index contributed by atoms with van der Waals surface area (Å²) in [6.45, 7) is 11.6. The van der Waals surface area contributed by atoms with E-state index in [2.05, 4.69) is 39.0 Å². The van der Waals surface area contributed by atoms with Crippen LogP contribution in [0.5, 0.6) is 0 Å². The van der Waals surface area contributed by atoms with Crippen LogP contribution in [0.3, 0.4) is 0 Å². The Bertz CT molecular complexity index is 490. The predicted molar refractivity (Wildman–Crippen MR) is 97.6 cm³/mol. The predicted octanol–water partition coefficient (Wildman–Crippen LogP) is 5.99. The van der Waals surface area contributed by atoms with Gasteiger partial charge in [-0.25, -0.2) is 0 Å². The molecule has 0 unspecified atom stereocenters. The molecule has 0 bridgehead atoms. The van der Waals surface area contributed by atoms with Gasteiger partial charge in [0.1, 0.15) is 0 Å². The van der Waals surface area contributed by atoms with E-state index in [1.165, 1.54) is 18.4 Å². The van der Waals surface area contributed by atoms with Crippen LogP contribution in [0.25, 0.3) is 0 Å². The number of hydrogen-bond donors (Lipinski definition) is 0. The van der Waals surface area contributed by atoms with E-state index in [0.29, 0.717) is 0 Å². The third kappa shape index (κ3) is 4.82. The van der Waals surface area contributed by atoms with Gasteiger partial charge in [-0.1, -0.05) is 39.8 Å². The molecule has 0 saturated heterocycles. The highest BCUT2D eigenvalue weighted by atomic mass is 16.5. The molecule has 1 saturated carbocycles. The molecule has 2 rings (SSSR count). The van der Waals surface area contributed by atoms with Gasteiger partial charge in [-0.05, 0) is 68.6 Å². The second-order valence-electron chi connectivity index (χ2n) is 6.62. The first-order valence-electron chi connectivity index (χ1n) is 9.22. The zero-order valence-electron chi connectivity index (χ0n) is 15.6. The second-order valence-corrected chi connectivity index (χ2v) is 6.62. The summed E-state index contributed by atoms with van der Waals surface area (Å²) < 4.78 is 6.09. The Morgan fingerprint density at radius 1 is 1.04 bits per heavy atom. The van der Waals surface area contributed by atoms with Crippen molar-refractivity contribution in [1.29, 1.82) is 5.26 Å². The van der Waals surface area contributed by atoms with Gasteiger partial charge in [-0.15, -0.1) is 0 Å². The summed E-state index contributed by atoms with van der Waals surface area (Å²) in [5.41, 5.74) is 2.46. The first kappa shape index (κ1) is 19.7. The Morgan fingerprint density at radius 3 is 2.04 bits per heavy atom. The summed E-state index contributed by atoms with van der Waals surface area (Å²) in [6, 6.07) is 10.4. The zero-order valence-corrected chi connectivity index (χ0v) is 15.6. The SMILES string of the molecule is CC.CCCOC1(C)CCC(CC)(c2ccc(C#N)cc2)CC1. The van der Waals surface area contributed by atoms with Crippen molar-refractivity contribution in [3.05, 3.63) is 35.4 Å². The Labute approximate surface area is 142 Å². The fourth-order valence-electron chi connectivity index (χ4n) is 3.49. The Kier molecular flexibility index (Phi) is 7.79. The van der Waals surface area contributed by atoms with Gasteiger partial charge in [0, 0.05) is 6.61 Å². The van der Waals surface area contributed by atoms with Crippen molar-refractivity contribution in [2.24, 2.45) is 0 Å². The molecule has 2 heteroatoms. The molecule has 1 aromatic carbocycles. The van der Waals surface area contributed by atoms with Crippen molar-refractivity contribution in [3.8, 4) is 6.07 Å². The maximum absolute atomic E-state index is 8.94. The number of nitrogens with zero attached hydrogens (tertiary/aromatic N) is 1. The van der Waals surface area contributed by atoms with Gasteiger partial charge in [0.25, 0.3) is 0 Å². The summed E-state index contributed by atoms with van der Waals surface area (Å²) >= 11 is 0. The molecule has 0 aromatic heterocycles. The normalized spacial score (nSPS) is 26.8. The van der Waals surface area contributed by atoms with Crippen LogP contribution in [0.15, 0.2) is 24.3 Å². The lowest BCUT2D eigenvalue weighted by Crippen LogP contribution is -2.41. The molecular weight excluding hydrogens is 282 g/mol. The average Bonchev–Trinajstić information content (AvgIpc) is 2.63. The van der Waals surface area contributed by atoms with Gasteiger partial charge in [-0.2, -0.15) is 5.26 Å². The van der Waals surface area contributed by atoms with Crippen LogP contribution in [0, 0.1) is 11.3 Å². The highest BCUT2D eigenvalue weighted by molar-refractivity contribution is 5.35. The number of ether oxygens (including phenoxy) is 1. The van der Waals surface area contributed by atoms with Gasteiger partial charge in [0.05, 0.1) is 17.2 Å². The Morgan fingerprint density at radius 2 is 1.61 bits per heavy atom. The molecular formula is C21H33NO. The zero-order chi connectivity index (χ0) is 17.3. The lowest BCUT2D eigenvalue weighted by Gasteiger charge is -2.45. The van der Waals surface area contributed by atoms with E-state index in [4.69, 9.17) is 10.00 Å². The van der Waals surface area contributed by atoms with Gasteiger partial charge in [-0.3, -0.25) is 0 Å².